The fraction of sp³-hybridized carbons (Fsp3) is 0.410. The monoisotopic (exact) mass is 695 g/mol. The topological polar surface area (TPSA) is 109 Å². The van der Waals surface area contributed by atoms with Gasteiger partial charge in [0.25, 0.3) is 0 Å². The minimum atomic E-state index is -0.751. The molecule has 0 radical (unpaired) electrons. The van der Waals surface area contributed by atoms with E-state index in [0.29, 0.717) is 49.4 Å². The number of aromatic hydroxyl groups is 1. The Morgan fingerprint density at radius 2 is 1.98 bits per heavy atom. The second-order valence-corrected chi connectivity index (χ2v) is 13.9. The van der Waals surface area contributed by atoms with E-state index in [2.05, 4.69) is 32.6 Å². The number of nitrogens with zero attached hydrogens (tertiary/aromatic N) is 4. The number of nitrogens with one attached hydrogen (secondary N) is 1. The summed E-state index contributed by atoms with van der Waals surface area (Å²) in [6.45, 7) is 9.24. The number of halogens is 2. The number of amides is 1. The Morgan fingerprint density at radius 1 is 1.18 bits per heavy atom. The second kappa shape index (κ2) is 13.4. The number of hydrogen-bond acceptors (Lipinski definition) is 9. The van der Waals surface area contributed by atoms with Gasteiger partial charge in [-0.3, -0.25) is 14.7 Å². The predicted molar refractivity (Wildman–Crippen MR) is 189 cm³/mol. The summed E-state index contributed by atoms with van der Waals surface area (Å²) >= 11 is 0. The molecule has 3 fully saturated rings. The summed E-state index contributed by atoms with van der Waals surface area (Å²) in [6, 6.07) is 5.15. The standard InChI is InChI=1S/C39H39F2N5O5/c1-3-26-30(40)7-5-23-17-25(47)18-28(33(23)26)35-34(41)36-29(19-42-35)37(46-13-16-50-21-24(20-46)43-32(48)4-2)27-6-8-31(51-38(27)44-36)39(9-10-39)22-45-11-14-49-15-12-45/h1,4-5,7,17-19,24,31,47H,2,6,8-16,20-22H2,(H,43,48)/t24-,31-/m0/s1. The number of morpholine rings is 1. The van der Waals surface area contributed by atoms with Crippen LogP contribution in [0.4, 0.5) is 14.5 Å². The molecule has 2 aromatic heterocycles. The van der Waals surface area contributed by atoms with Gasteiger partial charge in [0.1, 0.15) is 28.9 Å². The number of hydrogen-bond donors (Lipinski definition) is 2. The van der Waals surface area contributed by atoms with Crippen LogP contribution in [0.5, 0.6) is 11.6 Å². The van der Waals surface area contributed by atoms with Gasteiger partial charge < -0.3 is 29.5 Å². The molecule has 4 aromatic rings. The third-order valence-corrected chi connectivity index (χ3v) is 10.7. The number of terminal acetylenes is 1. The Kier molecular flexibility index (Phi) is 8.74. The molecule has 3 aliphatic heterocycles. The molecule has 0 unspecified atom stereocenters. The van der Waals surface area contributed by atoms with Crippen LogP contribution < -0.4 is 15.0 Å². The number of benzene rings is 2. The number of fused-ring (bicyclic) bond motifs is 3. The number of carbonyl (C=O) groups is 1. The number of ether oxygens (including phenoxy) is 3. The van der Waals surface area contributed by atoms with Crippen LogP contribution in [0, 0.1) is 29.4 Å². The number of phenolic OH excluding ortho intramolecular Hbond substituents is 1. The van der Waals surface area contributed by atoms with Crippen molar-refractivity contribution in [3.8, 4) is 35.2 Å². The molecule has 4 aliphatic rings. The summed E-state index contributed by atoms with van der Waals surface area (Å²) in [5.41, 5.74) is 1.56. The molecule has 2 saturated heterocycles. The molecule has 2 aromatic carbocycles. The third kappa shape index (κ3) is 6.13. The van der Waals surface area contributed by atoms with E-state index in [9.17, 15) is 14.3 Å². The van der Waals surface area contributed by atoms with E-state index in [-0.39, 0.29) is 56.9 Å². The van der Waals surface area contributed by atoms with Crippen LogP contribution in [0.2, 0.25) is 0 Å². The number of pyridine rings is 2. The average molecular weight is 696 g/mol. The van der Waals surface area contributed by atoms with E-state index in [0.717, 1.165) is 63.4 Å². The zero-order valence-electron chi connectivity index (χ0n) is 28.2. The molecule has 0 spiro atoms. The average Bonchev–Trinajstić information content (AvgIpc) is 3.95. The summed E-state index contributed by atoms with van der Waals surface area (Å²) in [5.74, 6) is 0.907. The highest BCUT2D eigenvalue weighted by molar-refractivity contribution is 6.03. The van der Waals surface area contributed by atoms with Crippen molar-refractivity contribution in [3.63, 3.8) is 0 Å². The molecular weight excluding hydrogens is 656 g/mol. The van der Waals surface area contributed by atoms with Gasteiger partial charge in [-0.1, -0.05) is 18.6 Å². The highest BCUT2D eigenvalue weighted by atomic mass is 19.1. The number of anilines is 1. The fourth-order valence-corrected chi connectivity index (χ4v) is 8.03. The van der Waals surface area contributed by atoms with Crippen LogP contribution >= 0.6 is 0 Å². The first kappa shape index (κ1) is 33.3. The summed E-state index contributed by atoms with van der Waals surface area (Å²) in [6.07, 6.45) is 11.9. The van der Waals surface area contributed by atoms with Crippen molar-refractivity contribution in [2.45, 2.75) is 37.8 Å². The van der Waals surface area contributed by atoms with Crippen LogP contribution in [-0.4, -0.2) is 97.2 Å². The van der Waals surface area contributed by atoms with Gasteiger partial charge in [0, 0.05) is 66.2 Å². The van der Waals surface area contributed by atoms with Gasteiger partial charge in [-0.2, -0.15) is 0 Å². The highest BCUT2D eigenvalue weighted by Crippen LogP contribution is 2.54. The van der Waals surface area contributed by atoms with Gasteiger partial charge in [0.15, 0.2) is 5.82 Å². The SMILES string of the molecule is C#Cc1c(F)ccc2cc(O)cc(-c3ncc4c(N5CCOC[C@@H](NC(=O)C=C)C5)c5c(nc4c3F)O[C@H](C3(CN4CCOCC4)CC3)CC5)c12. The van der Waals surface area contributed by atoms with E-state index in [1.807, 2.05) is 0 Å². The molecule has 10 nitrogen and oxygen atoms in total. The third-order valence-electron chi connectivity index (χ3n) is 10.7. The van der Waals surface area contributed by atoms with Gasteiger partial charge in [-0.25, -0.2) is 13.8 Å². The Morgan fingerprint density at radius 3 is 2.75 bits per heavy atom. The van der Waals surface area contributed by atoms with E-state index in [1.165, 1.54) is 30.3 Å². The molecule has 2 N–H and O–H groups in total. The fourth-order valence-electron chi connectivity index (χ4n) is 8.03. The minimum absolute atomic E-state index is 0.0134. The van der Waals surface area contributed by atoms with Gasteiger partial charge >= 0.3 is 0 Å². The van der Waals surface area contributed by atoms with Crippen molar-refractivity contribution in [1.29, 1.82) is 0 Å². The number of phenols is 1. The molecule has 264 valence electrons. The summed E-state index contributed by atoms with van der Waals surface area (Å²) in [4.78, 5) is 26.3. The van der Waals surface area contributed by atoms with Crippen LogP contribution in [0.1, 0.15) is 30.4 Å². The molecule has 1 amide bonds. The number of rotatable bonds is 7. The molecule has 1 saturated carbocycles. The molecule has 0 bridgehead atoms. The van der Waals surface area contributed by atoms with E-state index in [4.69, 9.17) is 25.6 Å². The van der Waals surface area contributed by atoms with Crippen LogP contribution in [0.3, 0.4) is 0 Å². The normalized spacial score (nSPS) is 21.7. The summed E-state index contributed by atoms with van der Waals surface area (Å²) < 4.78 is 50.4. The summed E-state index contributed by atoms with van der Waals surface area (Å²) in [5, 5.41) is 14.8. The molecule has 1 aliphatic carbocycles. The van der Waals surface area contributed by atoms with Crippen molar-refractivity contribution >= 4 is 33.3 Å². The largest absolute Gasteiger partial charge is 0.508 e. The quantitative estimate of drug-likeness (QED) is 0.210. The number of carbonyl (C=O) groups excluding carboxylic acids is 1. The van der Waals surface area contributed by atoms with E-state index >= 15 is 4.39 Å². The van der Waals surface area contributed by atoms with Gasteiger partial charge in [0.05, 0.1) is 43.7 Å². The maximum Gasteiger partial charge on any atom is 0.243 e. The molecule has 8 rings (SSSR count). The first-order valence-electron chi connectivity index (χ1n) is 17.4. The van der Waals surface area contributed by atoms with Crippen LogP contribution in [0.25, 0.3) is 32.9 Å². The zero-order chi connectivity index (χ0) is 35.3. The van der Waals surface area contributed by atoms with E-state index < -0.39 is 11.6 Å². The Labute approximate surface area is 294 Å². The Balaban J connectivity index is 1.27. The smallest absolute Gasteiger partial charge is 0.243 e. The van der Waals surface area contributed by atoms with Gasteiger partial charge in [0.2, 0.25) is 11.8 Å². The lowest BCUT2D eigenvalue weighted by atomic mass is 9.89. The Bertz CT molecular complexity index is 2090. The first-order chi connectivity index (χ1) is 24.8. The van der Waals surface area contributed by atoms with Crippen molar-refractivity contribution in [1.82, 2.24) is 20.2 Å². The van der Waals surface area contributed by atoms with Gasteiger partial charge in [-0.05, 0) is 55.3 Å². The van der Waals surface area contributed by atoms with Gasteiger partial charge in [-0.15, -0.1) is 6.42 Å². The molecule has 51 heavy (non-hydrogen) atoms. The van der Waals surface area contributed by atoms with Crippen molar-refractivity contribution < 1.29 is 32.9 Å². The lowest BCUT2D eigenvalue weighted by molar-refractivity contribution is -0.117. The zero-order valence-corrected chi connectivity index (χ0v) is 28.2. The molecular formula is C39H39F2N5O5. The number of aromatic nitrogens is 2. The maximum absolute atomic E-state index is 17.2. The minimum Gasteiger partial charge on any atom is -0.508 e. The molecule has 12 heteroatoms. The lowest BCUT2D eigenvalue weighted by Crippen LogP contribution is -2.46. The van der Waals surface area contributed by atoms with Crippen molar-refractivity contribution in [3.05, 3.63) is 65.9 Å². The lowest BCUT2D eigenvalue weighted by Gasteiger charge is -2.38. The van der Waals surface area contributed by atoms with Crippen molar-refractivity contribution in [2.75, 3.05) is 64.1 Å². The highest BCUT2D eigenvalue weighted by Gasteiger charge is 2.53. The molecule has 2 atom stereocenters. The summed E-state index contributed by atoms with van der Waals surface area (Å²) in [7, 11) is 0. The molecule has 5 heterocycles. The van der Waals surface area contributed by atoms with E-state index in [1.54, 1.807) is 6.20 Å². The Hall–Kier alpha value is -4.83. The van der Waals surface area contributed by atoms with Crippen molar-refractivity contribution in [2.24, 2.45) is 5.41 Å². The first-order valence-corrected chi connectivity index (χ1v) is 17.4. The van der Waals surface area contributed by atoms with Crippen LogP contribution in [-0.2, 0) is 20.7 Å². The second-order valence-electron chi connectivity index (χ2n) is 13.9. The predicted octanol–water partition coefficient (Wildman–Crippen LogP) is 4.73. The van der Waals surface area contributed by atoms with Crippen LogP contribution in [0.15, 0.2) is 43.1 Å². The maximum atomic E-state index is 17.2.